The molecule has 2 aliphatic carbocycles. The number of carbonyl (C=O) groups excluding carboxylic acids is 2. The van der Waals surface area contributed by atoms with Crippen molar-refractivity contribution in [3.05, 3.63) is 35.9 Å². The summed E-state index contributed by atoms with van der Waals surface area (Å²) in [5, 5.41) is 15.1. The highest BCUT2D eigenvalue weighted by Crippen LogP contribution is 2.52. The third-order valence-electron chi connectivity index (χ3n) is 5.29. The summed E-state index contributed by atoms with van der Waals surface area (Å²) in [6.07, 6.45) is 6.38. The smallest absolute Gasteiger partial charge is 0.254 e. The molecule has 2 fully saturated rings. The molecule has 1 saturated heterocycles. The van der Waals surface area contributed by atoms with Crippen LogP contribution in [0.1, 0.15) is 12.0 Å². The van der Waals surface area contributed by atoms with Crippen molar-refractivity contribution in [3.8, 4) is 5.75 Å². The Morgan fingerprint density at radius 1 is 1.17 bits per heavy atom. The fourth-order valence-electron chi connectivity index (χ4n) is 4.04. The molecule has 4 unspecified atom stereocenters. The summed E-state index contributed by atoms with van der Waals surface area (Å²) in [5.74, 6) is -0.548. The molecular weight excluding hydrogens is 306 g/mol. The number of nitrogens with zero attached hydrogens (tertiary/aromatic N) is 3. The predicted octanol–water partition coefficient (Wildman–Crippen LogP) is 1.60. The average molecular weight is 325 g/mol. The van der Waals surface area contributed by atoms with Crippen molar-refractivity contribution in [1.29, 1.82) is 0 Å². The number of anilines is 1. The van der Waals surface area contributed by atoms with E-state index >= 15 is 0 Å². The van der Waals surface area contributed by atoms with Crippen LogP contribution in [0.25, 0.3) is 0 Å². The molecule has 6 heteroatoms. The van der Waals surface area contributed by atoms with Crippen LogP contribution < -0.4 is 4.90 Å². The number of amides is 2. The van der Waals surface area contributed by atoms with Crippen LogP contribution in [-0.4, -0.2) is 42.2 Å². The Morgan fingerprint density at radius 3 is 2.33 bits per heavy atom. The van der Waals surface area contributed by atoms with Crippen LogP contribution in [0.5, 0.6) is 5.75 Å². The third kappa shape index (κ3) is 2.06. The van der Waals surface area contributed by atoms with Crippen LogP contribution in [0.15, 0.2) is 35.5 Å². The molecule has 3 aliphatic rings. The van der Waals surface area contributed by atoms with Crippen LogP contribution in [0.4, 0.5) is 5.69 Å². The van der Waals surface area contributed by atoms with Gasteiger partial charge in [0.05, 0.1) is 18.1 Å². The van der Waals surface area contributed by atoms with Crippen LogP contribution >= 0.6 is 0 Å². The van der Waals surface area contributed by atoms with Crippen molar-refractivity contribution in [1.82, 2.24) is 5.01 Å². The van der Waals surface area contributed by atoms with E-state index in [4.69, 9.17) is 0 Å². The van der Waals surface area contributed by atoms with E-state index in [1.165, 1.54) is 6.21 Å². The van der Waals surface area contributed by atoms with Crippen LogP contribution in [-0.2, 0) is 9.59 Å². The van der Waals surface area contributed by atoms with Gasteiger partial charge in [0.25, 0.3) is 11.8 Å². The van der Waals surface area contributed by atoms with E-state index < -0.39 is 0 Å². The summed E-state index contributed by atoms with van der Waals surface area (Å²) in [6.45, 7) is 0. The molecule has 24 heavy (non-hydrogen) atoms. The summed E-state index contributed by atoms with van der Waals surface area (Å²) < 4.78 is 0. The van der Waals surface area contributed by atoms with E-state index in [1.54, 1.807) is 12.1 Å². The normalized spacial score (nSPS) is 30.7. The topological polar surface area (TPSA) is 73.2 Å². The van der Waals surface area contributed by atoms with Crippen LogP contribution in [0.3, 0.4) is 0 Å². The highest BCUT2D eigenvalue weighted by Gasteiger charge is 2.59. The molecule has 0 spiro atoms. The fourth-order valence-corrected chi connectivity index (χ4v) is 4.04. The van der Waals surface area contributed by atoms with Crippen molar-refractivity contribution in [2.45, 2.75) is 6.42 Å². The van der Waals surface area contributed by atoms with Crippen LogP contribution in [0, 0.1) is 23.7 Å². The zero-order valence-corrected chi connectivity index (χ0v) is 13.6. The number of imide groups is 1. The number of aromatic hydroxyl groups is 1. The second kappa shape index (κ2) is 5.19. The molecule has 1 N–H and O–H groups in total. The third-order valence-corrected chi connectivity index (χ3v) is 5.29. The molecule has 1 aliphatic heterocycles. The number of hydrogen-bond donors (Lipinski definition) is 1. The molecule has 4 rings (SSSR count). The minimum atomic E-state index is -0.255. The molecule has 1 saturated carbocycles. The predicted molar refractivity (Wildman–Crippen MR) is 89.6 cm³/mol. The van der Waals surface area contributed by atoms with Crippen molar-refractivity contribution >= 4 is 23.7 Å². The number of carbonyl (C=O) groups is 2. The molecule has 6 nitrogen and oxygen atoms in total. The second-order valence-electron chi connectivity index (χ2n) is 6.87. The number of benzene rings is 1. The minimum Gasteiger partial charge on any atom is -0.507 e. The minimum absolute atomic E-state index is 0.0611. The number of hydrogen-bond acceptors (Lipinski definition) is 5. The number of phenolic OH excluding ortho intramolecular Hbond substituents is 1. The van der Waals surface area contributed by atoms with Gasteiger partial charge in [-0.3, -0.25) is 9.59 Å². The largest absolute Gasteiger partial charge is 0.507 e. The lowest BCUT2D eigenvalue weighted by Gasteiger charge is -2.13. The molecule has 124 valence electrons. The first-order chi connectivity index (χ1) is 11.5. The lowest BCUT2D eigenvalue weighted by Crippen LogP contribution is -2.28. The van der Waals surface area contributed by atoms with E-state index in [2.05, 4.69) is 17.3 Å². The lowest BCUT2D eigenvalue weighted by atomic mass is 9.85. The van der Waals surface area contributed by atoms with Crippen molar-refractivity contribution < 1.29 is 14.7 Å². The Kier molecular flexibility index (Phi) is 3.23. The monoisotopic (exact) mass is 325 g/mol. The first-order valence-electron chi connectivity index (χ1n) is 8.08. The van der Waals surface area contributed by atoms with Gasteiger partial charge in [-0.25, -0.2) is 0 Å². The van der Waals surface area contributed by atoms with Crippen molar-refractivity contribution in [2.75, 3.05) is 19.0 Å². The zero-order chi connectivity index (χ0) is 17.0. The summed E-state index contributed by atoms with van der Waals surface area (Å²) >= 11 is 0. The Balaban J connectivity index is 1.57. The Bertz CT molecular complexity index is 754. The molecule has 1 aromatic rings. The fraction of sp³-hybridized carbons (Fsp3) is 0.389. The van der Waals surface area contributed by atoms with Gasteiger partial charge in [-0.15, -0.1) is 0 Å². The maximum absolute atomic E-state index is 12.5. The van der Waals surface area contributed by atoms with Gasteiger partial charge in [-0.1, -0.05) is 12.2 Å². The second-order valence-corrected chi connectivity index (χ2v) is 6.87. The van der Waals surface area contributed by atoms with Gasteiger partial charge in [0.15, 0.2) is 0 Å². The zero-order valence-electron chi connectivity index (χ0n) is 13.6. The molecule has 1 aromatic carbocycles. The van der Waals surface area contributed by atoms with Gasteiger partial charge in [0, 0.05) is 31.4 Å². The summed E-state index contributed by atoms with van der Waals surface area (Å²) in [7, 11) is 3.76. The van der Waals surface area contributed by atoms with Gasteiger partial charge < -0.3 is 10.0 Å². The van der Waals surface area contributed by atoms with E-state index in [0.717, 1.165) is 17.1 Å². The number of rotatable bonds is 3. The molecular formula is C18H19N3O3. The first-order valence-corrected chi connectivity index (χ1v) is 8.08. The molecule has 2 bridgehead atoms. The molecule has 0 aromatic heterocycles. The van der Waals surface area contributed by atoms with E-state index in [9.17, 15) is 14.7 Å². The molecule has 1 heterocycles. The van der Waals surface area contributed by atoms with Gasteiger partial charge >= 0.3 is 0 Å². The average Bonchev–Trinajstić information content (AvgIpc) is 3.21. The number of phenols is 1. The van der Waals surface area contributed by atoms with Gasteiger partial charge in [-0.05, 0) is 30.4 Å². The summed E-state index contributed by atoms with van der Waals surface area (Å²) in [5.41, 5.74) is 1.33. The van der Waals surface area contributed by atoms with Gasteiger partial charge in [0.2, 0.25) is 0 Å². The van der Waals surface area contributed by atoms with Crippen LogP contribution in [0.2, 0.25) is 0 Å². The summed E-state index contributed by atoms with van der Waals surface area (Å²) in [6, 6.07) is 5.17. The standard InChI is InChI=1S/C18H19N3O3/c1-20(2)13-6-5-12(14(22)8-13)9-19-21-17(23)15-10-3-4-11(7-10)16(15)18(21)24/h3-6,8-11,15-16,22H,7H2,1-2H3/b19-9+. The summed E-state index contributed by atoms with van der Waals surface area (Å²) in [4.78, 5) is 26.9. The Hall–Kier alpha value is -2.63. The Labute approximate surface area is 140 Å². The molecule has 2 amide bonds. The van der Waals surface area contributed by atoms with Crippen molar-refractivity contribution in [2.24, 2.45) is 28.8 Å². The lowest BCUT2D eigenvalue weighted by molar-refractivity contribution is -0.140. The first kappa shape index (κ1) is 14.9. The van der Waals surface area contributed by atoms with E-state index in [-0.39, 0.29) is 41.2 Å². The highest BCUT2D eigenvalue weighted by molar-refractivity contribution is 6.06. The Morgan fingerprint density at radius 2 is 1.79 bits per heavy atom. The maximum atomic E-state index is 12.5. The highest BCUT2D eigenvalue weighted by atomic mass is 16.3. The van der Waals surface area contributed by atoms with Gasteiger partial charge in [0.1, 0.15) is 5.75 Å². The van der Waals surface area contributed by atoms with E-state index in [0.29, 0.717) is 5.56 Å². The number of fused-ring (bicyclic) bond motifs is 5. The quantitative estimate of drug-likeness (QED) is 0.520. The SMILES string of the molecule is CN(C)c1ccc(/C=N/N2C(=O)C3C4C=CC(C4)C3C2=O)c(O)c1. The number of hydrazone groups is 1. The molecule has 4 atom stereocenters. The van der Waals surface area contributed by atoms with Crippen molar-refractivity contribution in [3.63, 3.8) is 0 Å². The number of allylic oxidation sites excluding steroid dienone is 2. The maximum Gasteiger partial charge on any atom is 0.254 e. The molecule has 0 radical (unpaired) electrons. The van der Waals surface area contributed by atoms with Gasteiger partial charge in [-0.2, -0.15) is 10.1 Å². The van der Waals surface area contributed by atoms with E-state index in [1.807, 2.05) is 25.1 Å².